The third-order valence-electron chi connectivity index (χ3n) is 8.29. The zero-order chi connectivity index (χ0) is 24.9. The van der Waals surface area contributed by atoms with Crippen molar-refractivity contribution in [3.63, 3.8) is 0 Å². The molecule has 0 aromatic heterocycles. The second-order valence-electron chi connectivity index (χ2n) is 10.2. The molecule has 3 aliphatic rings. The number of para-hydroxylation sites is 1. The summed E-state index contributed by atoms with van der Waals surface area (Å²) in [5.74, 6) is 0.105. The van der Waals surface area contributed by atoms with Crippen molar-refractivity contribution in [2.24, 2.45) is 0 Å². The van der Waals surface area contributed by atoms with Gasteiger partial charge in [0.25, 0.3) is 0 Å². The summed E-state index contributed by atoms with van der Waals surface area (Å²) in [7, 11) is 0. The molecule has 0 amide bonds. The molecule has 0 unspecified atom stereocenters. The van der Waals surface area contributed by atoms with Crippen molar-refractivity contribution in [1.29, 1.82) is 0 Å². The van der Waals surface area contributed by atoms with Crippen molar-refractivity contribution in [1.82, 2.24) is 0 Å². The van der Waals surface area contributed by atoms with Gasteiger partial charge in [-0.3, -0.25) is 4.79 Å². The molecule has 0 saturated heterocycles. The van der Waals surface area contributed by atoms with Crippen molar-refractivity contribution >= 4 is 34.6 Å². The Labute approximate surface area is 220 Å². The quantitative estimate of drug-likeness (QED) is 0.211. The molecule has 2 nitrogen and oxygen atoms in total. The number of carbonyl (C=O) groups excluding carboxylic acids is 1. The lowest BCUT2D eigenvalue weighted by Gasteiger charge is -2.50. The van der Waals surface area contributed by atoms with E-state index >= 15 is 0 Å². The van der Waals surface area contributed by atoms with E-state index in [-0.39, 0.29) is 5.78 Å². The number of aryl methyl sites for hydroxylation is 2. The van der Waals surface area contributed by atoms with E-state index in [2.05, 4.69) is 97.6 Å². The van der Waals surface area contributed by atoms with Crippen LogP contribution in [0.5, 0.6) is 0 Å². The lowest BCUT2D eigenvalue weighted by molar-refractivity contribution is 0.103. The SMILES string of the molecule is Cc1cccc2c1Sc1c(C)ccc3c1N2c1ccccc1C31c2ccccc2C(=O)c2ccccc21. The largest absolute Gasteiger partial charge is 0.308 e. The molecule has 3 heteroatoms. The number of rotatable bonds is 0. The van der Waals surface area contributed by atoms with E-state index in [1.54, 1.807) is 0 Å². The molecule has 0 N–H and O–H groups in total. The third-order valence-corrected chi connectivity index (χ3v) is 9.75. The molecule has 5 aromatic rings. The smallest absolute Gasteiger partial charge is 0.193 e. The summed E-state index contributed by atoms with van der Waals surface area (Å²) in [6, 6.07) is 36.4. The summed E-state index contributed by atoms with van der Waals surface area (Å²) < 4.78 is 0. The van der Waals surface area contributed by atoms with E-state index in [4.69, 9.17) is 0 Å². The van der Waals surface area contributed by atoms with Crippen molar-refractivity contribution in [3.8, 4) is 0 Å². The Hall–Kier alpha value is -4.08. The Morgan fingerprint density at radius 3 is 1.89 bits per heavy atom. The first kappa shape index (κ1) is 21.0. The number of carbonyl (C=O) groups is 1. The van der Waals surface area contributed by atoms with Crippen molar-refractivity contribution in [2.45, 2.75) is 29.1 Å². The molecular weight excluding hydrogens is 470 g/mol. The van der Waals surface area contributed by atoms with Crippen LogP contribution in [0.4, 0.5) is 17.1 Å². The van der Waals surface area contributed by atoms with Crippen LogP contribution < -0.4 is 4.90 Å². The number of hydrogen-bond donors (Lipinski definition) is 0. The second-order valence-corrected chi connectivity index (χ2v) is 11.2. The van der Waals surface area contributed by atoms with Gasteiger partial charge in [-0.2, -0.15) is 0 Å². The van der Waals surface area contributed by atoms with Crippen LogP contribution >= 0.6 is 11.8 Å². The number of anilines is 3. The molecular formula is C34H23NOS. The maximum atomic E-state index is 13.8. The molecule has 37 heavy (non-hydrogen) atoms. The van der Waals surface area contributed by atoms with Gasteiger partial charge < -0.3 is 4.90 Å². The Kier molecular flexibility index (Phi) is 4.12. The number of fused-ring (bicyclic) bond motifs is 10. The molecule has 8 rings (SSSR count). The standard InChI is InChI=1S/C34H23NOS/c1-20-10-9-17-29-32(20)37-33-21(2)18-19-27-30(33)35(29)28-16-8-7-15-26(28)34(27)24-13-5-3-11-22(24)31(36)23-12-4-6-14-25(23)34/h3-19H,1-2H3. The van der Waals surface area contributed by atoms with Gasteiger partial charge in [0, 0.05) is 20.9 Å². The van der Waals surface area contributed by atoms with Gasteiger partial charge in [0.2, 0.25) is 0 Å². The lowest BCUT2D eigenvalue weighted by atomic mass is 9.57. The van der Waals surface area contributed by atoms with Gasteiger partial charge in [-0.1, -0.05) is 103 Å². The van der Waals surface area contributed by atoms with Crippen molar-refractivity contribution in [3.05, 3.63) is 148 Å². The van der Waals surface area contributed by atoms with Gasteiger partial charge in [-0.15, -0.1) is 0 Å². The van der Waals surface area contributed by atoms with E-state index in [9.17, 15) is 4.79 Å². The number of nitrogens with zero attached hydrogens (tertiary/aromatic N) is 1. The van der Waals surface area contributed by atoms with Crippen molar-refractivity contribution in [2.75, 3.05) is 4.90 Å². The average molecular weight is 494 g/mol. The van der Waals surface area contributed by atoms with Gasteiger partial charge in [-0.05, 0) is 59.4 Å². The number of benzene rings is 5. The van der Waals surface area contributed by atoms with E-state index in [1.165, 1.54) is 49.1 Å². The van der Waals surface area contributed by atoms with Crippen LogP contribution in [-0.4, -0.2) is 5.78 Å². The Bertz CT molecular complexity index is 1770. The Morgan fingerprint density at radius 1 is 0.568 bits per heavy atom. The summed E-state index contributed by atoms with van der Waals surface area (Å²) in [6.45, 7) is 4.41. The minimum absolute atomic E-state index is 0.105. The summed E-state index contributed by atoms with van der Waals surface area (Å²) in [5, 5.41) is 0. The Balaban J connectivity index is 1.61. The average Bonchev–Trinajstić information content (AvgIpc) is 2.94. The molecule has 1 spiro atoms. The number of ketones is 1. The Morgan fingerprint density at radius 2 is 1.16 bits per heavy atom. The minimum Gasteiger partial charge on any atom is -0.308 e. The molecule has 2 aliphatic heterocycles. The summed E-state index contributed by atoms with van der Waals surface area (Å²) >= 11 is 1.88. The molecule has 0 atom stereocenters. The van der Waals surface area contributed by atoms with E-state index in [0.29, 0.717) is 0 Å². The molecule has 0 bridgehead atoms. The first-order valence-electron chi connectivity index (χ1n) is 12.7. The van der Waals surface area contributed by atoms with Gasteiger partial charge in [0.05, 0.1) is 22.5 Å². The van der Waals surface area contributed by atoms with E-state index < -0.39 is 5.41 Å². The maximum Gasteiger partial charge on any atom is 0.193 e. The molecule has 0 radical (unpaired) electrons. The first-order valence-corrected chi connectivity index (χ1v) is 13.5. The second kappa shape index (κ2) is 7.24. The minimum atomic E-state index is -0.589. The zero-order valence-corrected chi connectivity index (χ0v) is 21.4. The van der Waals surface area contributed by atoms with Gasteiger partial charge >= 0.3 is 0 Å². The maximum absolute atomic E-state index is 13.8. The molecule has 2 heterocycles. The van der Waals surface area contributed by atoms with Crippen LogP contribution in [0.3, 0.4) is 0 Å². The zero-order valence-electron chi connectivity index (χ0n) is 20.6. The fourth-order valence-electron chi connectivity index (χ4n) is 6.76. The molecule has 5 aromatic carbocycles. The fraction of sp³-hybridized carbons (Fsp3) is 0.0882. The predicted octanol–water partition coefficient (Wildman–Crippen LogP) is 8.48. The summed E-state index contributed by atoms with van der Waals surface area (Å²) in [4.78, 5) is 18.9. The van der Waals surface area contributed by atoms with Crippen LogP contribution in [0.1, 0.15) is 49.3 Å². The monoisotopic (exact) mass is 493 g/mol. The topological polar surface area (TPSA) is 20.3 Å². The fourth-order valence-corrected chi connectivity index (χ4v) is 7.99. The molecule has 176 valence electrons. The highest BCUT2D eigenvalue weighted by Crippen LogP contribution is 2.65. The summed E-state index contributed by atoms with van der Waals surface area (Å²) in [5.41, 5.74) is 11.8. The highest BCUT2D eigenvalue weighted by molar-refractivity contribution is 7.99. The highest BCUT2D eigenvalue weighted by atomic mass is 32.2. The molecule has 1 aliphatic carbocycles. The van der Waals surface area contributed by atoms with Gasteiger partial charge in [0.1, 0.15) is 0 Å². The highest BCUT2D eigenvalue weighted by Gasteiger charge is 2.53. The first-order chi connectivity index (χ1) is 18.1. The van der Waals surface area contributed by atoms with Crippen LogP contribution in [0.2, 0.25) is 0 Å². The molecule has 0 fully saturated rings. The normalized spacial score (nSPS) is 15.4. The molecule has 0 saturated carbocycles. The van der Waals surface area contributed by atoms with E-state index in [0.717, 1.165) is 22.3 Å². The number of hydrogen-bond acceptors (Lipinski definition) is 3. The van der Waals surface area contributed by atoms with Crippen LogP contribution in [0, 0.1) is 13.8 Å². The third kappa shape index (κ3) is 2.45. The van der Waals surface area contributed by atoms with E-state index in [1.807, 2.05) is 36.0 Å². The van der Waals surface area contributed by atoms with Crippen LogP contribution in [0.25, 0.3) is 0 Å². The van der Waals surface area contributed by atoms with Gasteiger partial charge in [0.15, 0.2) is 5.78 Å². The summed E-state index contributed by atoms with van der Waals surface area (Å²) in [6.07, 6.45) is 0. The van der Waals surface area contributed by atoms with Crippen LogP contribution in [-0.2, 0) is 5.41 Å². The van der Waals surface area contributed by atoms with Gasteiger partial charge in [-0.25, -0.2) is 0 Å². The predicted molar refractivity (Wildman–Crippen MR) is 150 cm³/mol. The van der Waals surface area contributed by atoms with Crippen LogP contribution in [0.15, 0.2) is 113 Å². The lowest BCUT2D eigenvalue weighted by Crippen LogP contribution is -2.43. The van der Waals surface area contributed by atoms with Crippen molar-refractivity contribution < 1.29 is 4.79 Å².